The van der Waals surface area contributed by atoms with E-state index in [9.17, 15) is 40.5 Å². The van der Waals surface area contributed by atoms with Crippen molar-refractivity contribution in [1.29, 1.82) is 0 Å². The first-order chi connectivity index (χ1) is 17.2. The van der Waals surface area contributed by atoms with Gasteiger partial charge in [0.1, 0.15) is 42.7 Å². The number of hydrogen-bond acceptors (Lipinski definition) is 12. The number of rotatable bonds is 7. The Hall–Kier alpha value is -2.39. The van der Waals surface area contributed by atoms with E-state index in [0.717, 1.165) is 11.6 Å². The Labute approximate surface area is 206 Å². The van der Waals surface area contributed by atoms with Crippen LogP contribution in [0.25, 0.3) is 6.08 Å². The molecule has 0 unspecified atom stereocenters. The molecule has 2 heterocycles. The molecule has 36 heavy (non-hydrogen) atoms. The first kappa shape index (κ1) is 26.7. The molecule has 0 amide bonds. The maximum atomic E-state index is 12.3. The third-order valence-corrected chi connectivity index (χ3v) is 6.80. The van der Waals surface area contributed by atoms with Crippen LogP contribution in [0.15, 0.2) is 48.7 Å². The third kappa shape index (κ3) is 5.05. The van der Waals surface area contributed by atoms with Crippen LogP contribution in [0, 0.1) is 11.8 Å². The number of esters is 1. The van der Waals surface area contributed by atoms with Crippen LogP contribution in [0.3, 0.4) is 0 Å². The number of hydrogen-bond donors (Lipinski definition) is 7. The number of carbonyl (C=O) groups excluding carboxylic acids is 1. The zero-order chi connectivity index (χ0) is 26.0. The largest absolute Gasteiger partial charge is 0.472 e. The number of ether oxygens (including phenoxy) is 4. The first-order valence-electron chi connectivity index (χ1n) is 11.4. The fourth-order valence-corrected chi connectivity index (χ4v) is 4.77. The van der Waals surface area contributed by atoms with E-state index in [1.54, 1.807) is 24.3 Å². The predicted octanol–water partition coefficient (Wildman–Crippen LogP) is -2.37. The normalized spacial score (nSPS) is 42.2. The average Bonchev–Trinajstić information content (AvgIpc) is 3.09. The molecular formula is C24H30O12. The number of carbonyl (C=O) groups is 1. The predicted molar refractivity (Wildman–Crippen MR) is 119 cm³/mol. The molecule has 2 aliphatic heterocycles. The van der Waals surface area contributed by atoms with E-state index in [0.29, 0.717) is 0 Å². The van der Waals surface area contributed by atoms with Crippen LogP contribution in [0.1, 0.15) is 5.56 Å². The van der Waals surface area contributed by atoms with E-state index in [4.69, 9.17) is 18.9 Å². The van der Waals surface area contributed by atoms with Gasteiger partial charge in [-0.15, -0.1) is 0 Å². The Kier molecular flexibility index (Phi) is 8.09. The molecule has 7 N–H and O–H groups in total. The zero-order valence-electron chi connectivity index (χ0n) is 19.1. The highest BCUT2D eigenvalue weighted by Gasteiger charge is 2.64. The van der Waals surface area contributed by atoms with E-state index in [2.05, 4.69) is 0 Å². The summed E-state index contributed by atoms with van der Waals surface area (Å²) in [7, 11) is 0. The fourth-order valence-electron chi connectivity index (χ4n) is 4.77. The lowest BCUT2D eigenvalue weighted by Gasteiger charge is -2.44. The van der Waals surface area contributed by atoms with Crippen LogP contribution in [0.5, 0.6) is 0 Å². The second-order valence-electron chi connectivity index (χ2n) is 9.05. The molecule has 1 saturated carbocycles. The number of benzene rings is 1. The lowest BCUT2D eigenvalue weighted by atomic mass is 9.83. The van der Waals surface area contributed by atoms with Gasteiger partial charge in [-0.05, 0) is 17.7 Å². The Balaban J connectivity index is 1.49. The van der Waals surface area contributed by atoms with Gasteiger partial charge in [-0.1, -0.05) is 30.3 Å². The van der Waals surface area contributed by atoms with Crippen LogP contribution in [-0.4, -0.2) is 110 Å². The minimum atomic E-state index is -2.23. The van der Waals surface area contributed by atoms with Crippen molar-refractivity contribution in [3.63, 3.8) is 0 Å². The van der Waals surface area contributed by atoms with Crippen molar-refractivity contribution in [2.75, 3.05) is 13.2 Å². The molecule has 1 aromatic carbocycles. The number of aliphatic hydroxyl groups is 7. The summed E-state index contributed by atoms with van der Waals surface area (Å²) in [5, 5.41) is 72.3. The van der Waals surface area contributed by atoms with E-state index in [1.807, 2.05) is 6.07 Å². The summed E-state index contributed by atoms with van der Waals surface area (Å²) in [5.74, 6) is -2.91. The summed E-state index contributed by atoms with van der Waals surface area (Å²) in [6.45, 7) is -1.41. The van der Waals surface area contributed by atoms with E-state index in [1.165, 1.54) is 18.4 Å². The van der Waals surface area contributed by atoms with E-state index < -0.39 is 85.8 Å². The van der Waals surface area contributed by atoms with Crippen LogP contribution in [0.4, 0.5) is 0 Å². The van der Waals surface area contributed by atoms with Crippen molar-refractivity contribution in [3.8, 4) is 0 Å². The van der Waals surface area contributed by atoms with Gasteiger partial charge >= 0.3 is 5.97 Å². The Bertz CT molecular complexity index is 952. The molecule has 12 nitrogen and oxygen atoms in total. The average molecular weight is 510 g/mol. The smallest absolute Gasteiger partial charge is 0.330 e. The van der Waals surface area contributed by atoms with Crippen molar-refractivity contribution in [2.45, 2.75) is 54.8 Å². The Morgan fingerprint density at radius 3 is 2.42 bits per heavy atom. The summed E-state index contributed by atoms with van der Waals surface area (Å²) in [5.41, 5.74) is -1.49. The Morgan fingerprint density at radius 1 is 1.00 bits per heavy atom. The molecule has 3 aliphatic rings. The maximum absolute atomic E-state index is 12.3. The minimum absolute atomic E-state index is 0.684. The van der Waals surface area contributed by atoms with Gasteiger partial charge in [-0.2, -0.15) is 0 Å². The molecule has 4 rings (SSSR count). The molecule has 0 radical (unpaired) electrons. The van der Waals surface area contributed by atoms with Crippen molar-refractivity contribution in [2.24, 2.45) is 11.8 Å². The SMILES string of the molecule is O=C(C=Cc1ccccc1)OC[C@@]1(O)[C@H]2[C@H](O[C@H]3O[C@H](CO)[C@H](O)[C@@H](O)[C@@H]3O)OC=C[C@@H]2[C@H](O)[C@H]1O. The third-order valence-electron chi connectivity index (χ3n) is 6.80. The molecule has 1 aliphatic carbocycles. The molecular weight excluding hydrogens is 480 g/mol. The monoisotopic (exact) mass is 510 g/mol. The summed E-state index contributed by atoms with van der Waals surface area (Å²) in [4.78, 5) is 12.3. The summed E-state index contributed by atoms with van der Waals surface area (Å²) < 4.78 is 21.6. The van der Waals surface area contributed by atoms with Gasteiger partial charge in [0, 0.05) is 12.0 Å². The molecule has 0 aromatic heterocycles. The van der Waals surface area contributed by atoms with Crippen molar-refractivity contribution in [3.05, 3.63) is 54.3 Å². The van der Waals surface area contributed by atoms with Gasteiger partial charge in [0.05, 0.1) is 24.9 Å². The highest BCUT2D eigenvalue weighted by atomic mass is 16.8. The molecule has 11 atom stereocenters. The number of fused-ring (bicyclic) bond motifs is 1. The molecule has 0 bridgehead atoms. The second-order valence-corrected chi connectivity index (χ2v) is 9.05. The van der Waals surface area contributed by atoms with Crippen molar-refractivity contribution in [1.82, 2.24) is 0 Å². The molecule has 1 aromatic rings. The van der Waals surface area contributed by atoms with Gasteiger partial charge in [-0.3, -0.25) is 0 Å². The molecule has 198 valence electrons. The van der Waals surface area contributed by atoms with Gasteiger partial charge < -0.3 is 54.7 Å². The van der Waals surface area contributed by atoms with Crippen LogP contribution in [0.2, 0.25) is 0 Å². The van der Waals surface area contributed by atoms with Gasteiger partial charge in [0.15, 0.2) is 6.29 Å². The van der Waals surface area contributed by atoms with Crippen LogP contribution in [-0.2, 0) is 23.7 Å². The summed E-state index contributed by atoms with van der Waals surface area (Å²) in [6.07, 6.45) is -7.38. The first-order valence-corrected chi connectivity index (χ1v) is 11.4. The minimum Gasteiger partial charge on any atom is -0.472 e. The standard InChI is InChI=1S/C24H30O12/c25-10-14-18(28)19(29)20(30)23(35-14)36-22-16-13(8-9-33-22)17(27)21(31)24(16,32)11-34-15(26)7-6-12-4-2-1-3-5-12/h1-9,13-14,16-23,25,27-32H,10-11H2/t13-,14+,16+,17-,18-,19+,20-,21+,22-,23+,24+/m0/s1. The highest BCUT2D eigenvalue weighted by molar-refractivity contribution is 5.87. The molecule has 1 saturated heterocycles. The molecule has 2 fully saturated rings. The lowest BCUT2D eigenvalue weighted by Crippen LogP contribution is -2.61. The fraction of sp³-hybridized carbons (Fsp3) is 0.542. The quantitative estimate of drug-likeness (QED) is 0.152. The van der Waals surface area contributed by atoms with Gasteiger partial charge in [0.2, 0.25) is 6.29 Å². The molecule has 12 heteroatoms. The number of aliphatic hydroxyl groups excluding tert-OH is 6. The van der Waals surface area contributed by atoms with E-state index >= 15 is 0 Å². The topological polar surface area (TPSA) is 196 Å². The zero-order valence-corrected chi connectivity index (χ0v) is 19.1. The van der Waals surface area contributed by atoms with Gasteiger partial charge in [-0.25, -0.2) is 4.79 Å². The van der Waals surface area contributed by atoms with Crippen LogP contribution >= 0.6 is 0 Å². The highest BCUT2D eigenvalue weighted by Crippen LogP contribution is 2.47. The van der Waals surface area contributed by atoms with Crippen LogP contribution < -0.4 is 0 Å². The van der Waals surface area contributed by atoms with E-state index in [-0.39, 0.29) is 0 Å². The second kappa shape index (κ2) is 10.9. The Morgan fingerprint density at radius 2 is 1.72 bits per heavy atom. The van der Waals surface area contributed by atoms with Crippen molar-refractivity contribution >= 4 is 12.0 Å². The lowest BCUT2D eigenvalue weighted by molar-refractivity contribution is -0.348. The summed E-state index contributed by atoms with van der Waals surface area (Å²) in [6, 6.07) is 8.93. The van der Waals surface area contributed by atoms with Gasteiger partial charge in [0.25, 0.3) is 0 Å². The maximum Gasteiger partial charge on any atom is 0.330 e. The molecule has 0 spiro atoms. The summed E-state index contributed by atoms with van der Waals surface area (Å²) >= 11 is 0. The van der Waals surface area contributed by atoms with Crippen molar-refractivity contribution < 1.29 is 59.5 Å².